The van der Waals surface area contributed by atoms with E-state index in [0.717, 1.165) is 0 Å². The standard InChI is InChI=1S/C23H15.C9H13.C2H6Si.2ClH.Zr/c1-2-8-18-15-23-19(14-17(18)7-1)9-5-11-21(23)22-13-12-16-6-3-4-10-20(16)22;1-6-5-7(2)9(4)8(6)3;1-3-2;;;/h1-15H;6H,1-4H3;1-2H3;2*1H;/q2*-1;;;;+2. The Balaban J connectivity index is 0.000000286. The normalized spacial score (nSPS) is 14.1. The Morgan fingerprint density at radius 3 is 1.89 bits per heavy atom. The predicted octanol–water partition coefficient (Wildman–Crippen LogP) is 10.9. The van der Waals surface area contributed by atoms with Crippen molar-refractivity contribution in [2.75, 3.05) is 0 Å². The predicted molar refractivity (Wildman–Crippen MR) is 172 cm³/mol. The van der Waals surface area contributed by atoms with Crippen LogP contribution in [0.2, 0.25) is 13.1 Å². The fraction of sp³-hybridized carbons (Fsp3) is 0.206. The summed E-state index contributed by atoms with van der Waals surface area (Å²) < 4.78 is 0. The van der Waals surface area contributed by atoms with Gasteiger partial charge in [-0.15, -0.1) is 78.4 Å². The maximum absolute atomic E-state index is 3.36. The van der Waals surface area contributed by atoms with Gasteiger partial charge in [0.25, 0.3) is 0 Å². The van der Waals surface area contributed by atoms with Crippen LogP contribution in [0.1, 0.15) is 27.7 Å². The van der Waals surface area contributed by atoms with Gasteiger partial charge in [0.1, 0.15) is 0 Å². The Kier molecular flexibility index (Phi) is 12.4. The van der Waals surface area contributed by atoms with E-state index in [4.69, 9.17) is 0 Å². The van der Waals surface area contributed by atoms with Crippen molar-refractivity contribution < 1.29 is 23.3 Å². The summed E-state index contributed by atoms with van der Waals surface area (Å²) in [5, 5.41) is 7.84. The van der Waals surface area contributed by atoms with Crippen LogP contribution in [0.25, 0.3) is 43.4 Å². The average Bonchev–Trinajstić information content (AvgIpc) is 3.39. The number of hydrogen-bond acceptors (Lipinski definition) is 0. The smallest absolute Gasteiger partial charge is 0.0178 e. The van der Waals surface area contributed by atoms with Gasteiger partial charge in [-0.25, -0.2) is 5.57 Å². The minimum absolute atomic E-state index is 0. The van der Waals surface area contributed by atoms with Crippen molar-refractivity contribution in [2.45, 2.75) is 40.8 Å². The molecule has 0 aromatic heterocycles. The Hall–Kier alpha value is -1.83. The monoisotopic (exact) mass is 632 g/mol. The number of rotatable bonds is 1. The van der Waals surface area contributed by atoms with E-state index in [1.807, 2.05) is 0 Å². The van der Waals surface area contributed by atoms with Gasteiger partial charge in [0.2, 0.25) is 0 Å². The second-order valence-corrected chi connectivity index (χ2v) is 19.2. The van der Waals surface area contributed by atoms with E-state index in [1.165, 1.54) is 60.2 Å². The number of hydrogen-bond donors (Lipinski definition) is 0. The molecule has 0 saturated heterocycles. The number of halogens is 2. The molecule has 5 aromatic rings. The summed E-state index contributed by atoms with van der Waals surface area (Å²) in [6, 6.07) is 32.9. The van der Waals surface area contributed by atoms with E-state index in [-0.39, 0.29) is 30.2 Å². The van der Waals surface area contributed by atoms with Gasteiger partial charge in [-0.05, 0) is 33.7 Å². The first-order valence-corrected chi connectivity index (χ1v) is 18.8. The molecule has 0 radical (unpaired) electrons. The minimum Gasteiger partial charge on any atom is -0.150 e. The number of fused-ring (bicyclic) bond motifs is 3. The molecule has 0 fully saturated rings. The van der Waals surface area contributed by atoms with Gasteiger partial charge in [-0.1, -0.05) is 80.8 Å². The van der Waals surface area contributed by atoms with Gasteiger partial charge >= 0.3 is 41.9 Å². The summed E-state index contributed by atoms with van der Waals surface area (Å²) in [7, 11) is 0. The van der Waals surface area contributed by atoms with E-state index in [9.17, 15) is 0 Å². The molecule has 0 amide bonds. The molecule has 0 aliphatic heterocycles. The van der Waals surface area contributed by atoms with Crippen molar-refractivity contribution in [3.05, 3.63) is 114 Å². The minimum atomic E-state index is 0. The quantitative estimate of drug-likeness (QED) is 0.0978. The summed E-state index contributed by atoms with van der Waals surface area (Å²) in [6.07, 6.45) is 3.36. The van der Waals surface area contributed by atoms with Crippen LogP contribution in [0, 0.1) is 12.0 Å². The van der Waals surface area contributed by atoms with Crippen LogP contribution < -0.4 is 0 Å². The third kappa shape index (κ3) is 7.42. The molecule has 194 valence electrons. The van der Waals surface area contributed by atoms with E-state index < -0.39 is 0 Å². The van der Waals surface area contributed by atoms with Crippen molar-refractivity contribution in [1.29, 1.82) is 0 Å². The molecule has 0 nitrogen and oxygen atoms in total. The van der Waals surface area contributed by atoms with Crippen molar-refractivity contribution >= 4 is 62.6 Å². The first kappa shape index (κ1) is 32.4. The molecule has 0 N–H and O–H groups in total. The van der Waals surface area contributed by atoms with Crippen LogP contribution in [0.4, 0.5) is 0 Å². The molecular weight excluding hydrogens is 599 g/mol. The molecule has 38 heavy (non-hydrogen) atoms. The molecule has 1 atom stereocenters. The molecule has 1 aliphatic rings. The third-order valence-electron chi connectivity index (χ3n) is 6.95. The Morgan fingerprint density at radius 2 is 1.32 bits per heavy atom. The molecule has 6 rings (SSSR count). The molecule has 4 heteroatoms. The topological polar surface area (TPSA) is 0 Å². The van der Waals surface area contributed by atoms with Crippen molar-refractivity contribution in [3.63, 3.8) is 0 Å². The van der Waals surface area contributed by atoms with Gasteiger partial charge in [0.05, 0.1) is 0 Å². The van der Waals surface area contributed by atoms with Gasteiger partial charge in [-0.2, -0.15) is 11.1 Å². The molecule has 0 saturated carbocycles. The molecule has 1 aliphatic carbocycles. The van der Waals surface area contributed by atoms with E-state index in [1.54, 1.807) is 23.3 Å². The van der Waals surface area contributed by atoms with Crippen LogP contribution >= 0.6 is 24.8 Å². The second-order valence-electron chi connectivity index (χ2n) is 9.86. The summed E-state index contributed by atoms with van der Waals surface area (Å²) in [4.78, 5) is 0. The molecular formula is C34H36Cl2SiZr. The van der Waals surface area contributed by atoms with Crippen molar-refractivity contribution in [3.8, 4) is 11.1 Å². The van der Waals surface area contributed by atoms with E-state index in [2.05, 4.69) is 138 Å². The third-order valence-corrected chi connectivity index (χ3v) is 6.95. The Labute approximate surface area is 255 Å². The van der Waals surface area contributed by atoms with Crippen molar-refractivity contribution in [1.82, 2.24) is 0 Å². The molecule has 5 aromatic carbocycles. The van der Waals surface area contributed by atoms with Gasteiger partial charge in [0, 0.05) is 0 Å². The van der Waals surface area contributed by atoms with Gasteiger partial charge < -0.3 is 0 Å². The summed E-state index contributed by atoms with van der Waals surface area (Å²) in [5.74, 6) is 0.560. The fourth-order valence-electron chi connectivity index (χ4n) is 4.75. The van der Waals surface area contributed by atoms with Gasteiger partial charge in [-0.3, -0.25) is 6.08 Å². The summed E-state index contributed by atoms with van der Waals surface area (Å²) in [6.45, 7) is 13.3. The maximum Gasteiger partial charge on any atom is -0.0178 e. The number of benzene rings is 4. The van der Waals surface area contributed by atoms with Gasteiger partial charge in [0.15, 0.2) is 0 Å². The second kappa shape index (κ2) is 14.5. The average molecular weight is 635 g/mol. The SMILES string of the molecule is CC1=[C-]C(C)C(C)=C1C.C[Si](C)=[Zr+2].Cl.Cl.c1ccc2cc3c(-c4c[cH-]c5ccccc45)cccc3cc2c1. The fourth-order valence-corrected chi connectivity index (χ4v) is 4.75. The van der Waals surface area contributed by atoms with Crippen LogP contribution in [-0.2, 0) is 23.3 Å². The summed E-state index contributed by atoms with van der Waals surface area (Å²) >= 11 is 1.74. The first-order valence-electron chi connectivity index (χ1n) is 12.6. The van der Waals surface area contributed by atoms with Crippen LogP contribution in [0.15, 0.2) is 108 Å². The van der Waals surface area contributed by atoms with E-state index in [0.29, 0.717) is 5.92 Å². The zero-order valence-corrected chi connectivity index (χ0v) is 28.1. The Bertz CT molecular complexity index is 1620. The van der Waals surface area contributed by atoms with Crippen molar-refractivity contribution in [2.24, 2.45) is 5.92 Å². The van der Waals surface area contributed by atoms with Crippen LogP contribution in [0.5, 0.6) is 0 Å². The molecule has 0 bridgehead atoms. The Morgan fingerprint density at radius 1 is 0.737 bits per heavy atom. The summed E-state index contributed by atoms with van der Waals surface area (Å²) in [5.41, 5.74) is 7.09. The first-order chi connectivity index (χ1) is 17.3. The number of allylic oxidation sites excluding steroid dienone is 4. The maximum atomic E-state index is 3.36. The van der Waals surface area contributed by atoms with Crippen LogP contribution in [0.3, 0.4) is 0 Å². The largest absolute Gasteiger partial charge is 0.150 e. The molecule has 1 unspecified atom stereocenters. The van der Waals surface area contributed by atoms with E-state index >= 15 is 0 Å². The van der Waals surface area contributed by atoms with Crippen LogP contribution in [-0.4, -0.2) is 5.43 Å². The zero-order chi connectivity index (χ0) is 25.8. The zero-order valence-electron chi connectivity index (χ0n) is 23.1. The molecule has 0 heterocycles. The molecule has 0 spiro atoms.